The van der Waals surface area contributed by atoms with Crippen molar-refractivity contribution < 1.29 is 10.0 Å². The summed E-state index contributed by atoms with van der Waals surface area (Å²) in [4.78, 5) is 8.89. The van der Waals surface area contributed by atoms with Crippen molar-refractivity contribution in [3.8, 4) is 11.3 Å². The fourth-order valence-corrected chi connectivity index (χ4v) is 4.22. The number of hydrogen-bond acceptors (Lipinski definition) is 4. The molecule has 0 amide bonds. The van der Waals surface area contributed by atoms with E-state index in [2.05, 4.69) is 73.4 Å². The van der Waals surface area contributed by atoms with Gasteiger partial charge in [0.1, 0.15) is 5.15 Å². The molecule has 0 bridgehead atoms. The van der Waals surface area contributed by atoms with Gasteiger partial charge in [-0.15, -0.1) is 0 Å². The molecule has 0 saturated carbocycles. The Balaban J connectivity index is 0.000000145. The minimum atomic E-state index is -1.35. The molecule has 6 aromatic rings. The lowest BCUT2D eigenvalue weighted by atomic mass is 9.80. The average Bonchev–Trinajstić information content (AvgIpc) is 2.93. The van der Waals surface area contributed by atoms with Crippen molar-refractivity contribution in [2.75, 3.05) is 0 Å². The number of aromatic nitrogens is 2. The predicted molar refractivity (Wildman–Crippen MR) is 164 cm³/mol. The summed E-state index contributed by atoms with van der Waals surface area (Å²) in [6.45, 7) is 6.11. The van der Waals surface area contributed by atoms with Crippen LogP contribution in [0.2, 0.25) is 5.15 Å². The molecule has 0 spiro atoms. The second kappa shape index (κ2) is 13.2. The van der Waals surface area contributed by atoms with Gasteiger partial charge in [-0.25, -0.2) is 9.97 Å². The quantitative estimate of drug-likeness (QED) is 0.185. The number of nitrogens with zero attached hydrogens (tertiary/aromatic N) is 2. The van der Waals surface area contributed by atoms with Gasteiger partial charge in [-0.1, -0.05) is 102 Å². The van der Waals surface area contributed by atoms with Crippen molar-refractivity contribution in [2.24, 2.45) is 0 Å². The van der Waals surface area contributed by atoms with Gasteiger partial charge in [-0.3, -0.25) is 0 Å². The summed E-state index contributed by atoms with van der Waals surface area (Å²) < 4.78 is 0. The summed E-state index contributed by atoms with van der Waals surface area (Å²) in [7, 11) is -1.35. The van der Waals surface area contributed by atoms with Gasteiger partial charge in [-0.2, -0.15) is 0 Å². The van der Waals surface area contributed by atoms with Gasteiger partial charge in [0.05, 0.1) is 16.7 Å². The highest BCUT2D eigenvalue weighted by Gasteiger charge is 2.09. The van der Waals surface area contributed by atoms with Crippen molar-refractivity contribution in [2.45, 2.75) is 20.8 Å². The van der Waals surface area contributed by atoms with Crippen LogP contribution < -0.4 is 5.46 Å². The minimum Gasteiger partial charge on any atom is -0.423 e. The molecule has 4 nitrogen and oxygen atoms in total. The molecule has 2 heterocycles. The molecule has 0 aliphatic carbocycles. The number of para-hydroxylation sites is 1. The zero-order valence-corrected chi connectivity index (χ0v) is 23.0. The van der Waals surface area contributed by atoms with Crippen LogP contribution in [0.25, 0.3) is 33.1 Å². The summed E-state index contributed by atoms with van der Waals surface area (Å²) in [6, 6.07) is 37.8. The third kappa shape index (κ3) is 7.98. The average molecular weight is 533 g/mol. The molecule has 2 N–H and O–H groups in total. The topological polar surface area (TPSA) is 66.2 Å². The van der Waals surface area contributed by atoms with Crippen molar-refractivity contribution in [1.82, 2.24) is 9.97 Å². The third-order valence-corrected chi connectivity index (χ3v) is 6.28. The molecule has 0 aliphatic heterocycles. The van der Waals surface area contributed by atoms with E-state index in [0.29, 0.717) is 10.6 Å². The maximum atomic E-state index is 8.70. The zero-order chi connectivity index (χ0) is 27.8. The molecular formula is C33H30BClN2O2. The lowest BCUT2D eigenvalue weighted by Gasteiger charge is -2.05. The summed E-state index contributed by atoms with van der Waals surface area (Å²) in [5.74, 6) is 0. The highest BCUT2D eigenvalue weighted by atomic mass is 35.5. The Kier molecular flexibility index (Phi) is 9.45. The van der Waals surface area contributed by atoms with E-state index in [1.54, 1.807) is 24.3 Å². The van der Waals surface area contributed by atoms with Crippen LogP contribution >= 0.6 is 11.6 Å². The Morgan fingerprint density at radius 1 is 0.564 bits per heavy atom. The summed E-state index contributed by atoms with van der Waals surface area (Å²) in [6.07, 6.45) is 0. The number of rotatable bonds is 2. The van der Waals surface area contributed by atoms with Crippen LogP contribution in [-0.2, 0) is 0 Å². The maximum Gasteiger partial charge on any atom is 0.488 e. The van der Waals surface area contributed by atoms with Gasteiger partial charge < -0.3 is 10.0 Å². The fourth-order valence-electron chi connectivity index (χ4n) is 4.06. The van der Waals surface area contributed by atoms with Crippen LogP contribution in [-0.4, -0.2) is 27.1 Å². The maximum absolute atomic E-state index is 8.70. The van der Waals surface area contributed by atoms with Crippen molar-refractivity contribution in [1.29, 1.82) is 0 Å². The van der Waals surface area contributed by atoms with Gasteiger partial charge in [0.2, 0.25) is 0 Å². The van der Waals surface area contributed by atoms with Gasteiger partial charge in [-0.05, 0) is 68.2 Å². The molecule has 6 rings (SSSR count). The molecule has 194 valence electrons. The third-order valence-electron chi connectivity index (χ3n) is 6.07. The lowest BCUT2D eigenvalue weighted by molar-refractivity contribution is 0.425. The molecule has 39 heavy (non-hydrogen) atoms. The van der Waals surface area contributed by atoms with Crippen LogP contribution in [0.5, 0.6) is 0 Å². The van der Waals surface area contributed by atoms with Gasteiger partial charge >= 0.3 is 7.12 Å². The number of halogens is 1. The van der Waals surface area contributed by atoms with E-state index in [1.165, 1.54) is 22.1 Å². The Hall–Kier alpha value is -4.03. The second-order valence-corrected chi connectivity index (χ2v) is 9.76. The van der Waals surface area contributed by atoms with E-state index in [9.17, 15) is 0 Å². The van der Waals surface area contributed by atoms with Crippen molar-refractivity contribution >= 4 is 46.0 Å². The van der Waals surface area contributed by atoms with Crippen LogP contribution in [0.15, 0.2) is 115 Å². The van der Waals surface area contributed by atoms with Crippen LogP contribution in [0.3, 0.4) is 0 Å². The first-order valence-corrected chi connectivity index (χ1v) is 13.0. The Bertz CT molecular complexity index is 1710. The molecule has 0 aliphatic rings. The fraction of sp³-hybridized carbons (Fsp3) is 0.0909. The van der Waals surface area contributed by atoms with Gasteiger partial charge in [0, 0.05) is 16.3 Å². The van der Waals surface area contributed by atoms with Gasteiger partial charge in [0.25, 0.3) is 0 Å². The largest absolute Gasteiger partial charge is 0.488 e. The van der Waals surface area contributed by atoms with E-state index in [-0.39, 0.29) is 0 Å². The van der Waals surface area contributed by atoms with Crippen LogP contribution in [0, 0.1) is 20.8 Å². The Labute approximate surface area is 234 Å². The van der Waals surface area contributed by atoms with Crippen molar-refractivity contribution in [3.63, 3.8) is 0 Å². The monoisotopic (exact) mass is 532 g/mol. The summed E-state index contributed by atoms with van der Waals surface area (Å²) >= 11 is 5.71. The molecule has 2 aromatic heterocycles. The number of pyridine rings is 2. The number of fused-ring (bicyclic) bond motifs is 2. The van der Waals surface area contributed by atoms with Crippen LogP contribution in [0.1, 0.15) is 16.7 Å². The molecule has 0 fully saturated rings. The minimum absolute atomic E-state index is 0.542. The molecule has 0 atom stereocenters. The molecule has 0 radical (unpaired) electrons. The van der Waals surface area contributed by atoms with E-state index in [4.69, 9.17) is 26.6 Å². The Morgan fingerprint density at radius 3 is 1.92 bits per heavy atom. The zero-order valence-electron chi connectivity index (χ0n) is 22.2. The normalized spacial score (nSPS) is 10.3. The van der Waals surface area contributed by atoms with E-state index in [1.807, 2.05) is 43.3 Å². The number of benzene rings is 4. The van der Waals surface area contributed by atoms with E-state index >= 15 is 0 Å². The smallest absolute Gasteiger partial charge is 0.423 e. The lowest BCUT2D eigenvalue weighted by Crippen LogP contribution is -2.29. The van der Waals surface area contributed by atoms with E-state index < -0.39 is 7.12 Å². The number of hydrogen-bond donors (Lipinski definition) is 2. The molecule has 4 aromatic carbocycles. The molecule has 0 saturated heterocycles. The second-order valence-electron chi connectivity index (χ2n) is 9.38. The summed E-state index contributed by atoms with van der Waals surface area (Å²) in [5.41, 5.74) is 8.31. The Morgan fingerprint density at radius 2 is 1.21 bits per heavy atom. The first-order chi connectivity index (χ1) is 18.8. The molecular weight excluding hydrogens is 503 g/mol. The number of aryl methyl sites for hydroxylation is 3. The molecule has 6 heteroatoms. The van der Waals surface area contributed by atoms with Crippen molar-refractivity contribution in [3.05, 3.63) is 137 Å². The highest BCUT2D eigenvalue weighted by Crippen LogP contribution is 2.22. The first-order valence-electron chi connectivity index (χ1n) is 12.7. The van der Waals surface area contributed by atoms with Crippen LogP contribution in [0.4, 0.5) is 0 Å². The van der Waals surface area contributed by atoms with E-state index in [0.717, 1.165) is 27.7 Å². The van der Waals surface area contributed by atoms with Gasteiger partial charge in [0.15, 0.2) is 0 Å². The first kappa shape index (κ1) is 28.0. The highest BCUT2D eigenvalue weighted by molar-refractivity contribution is 6.58. The molecule has 0 unspecified atom stereocenters. The standard InChI is InChI=1S/C17H15N.C9H6ClN.C7H9BO2/c1-12-4-3-5-15(10-12)16-9-8-14-7-6-13(2)11-17(14)18-16;10-9-6-5-7-3-1-2-4-8(7)11-9;1-6-3-2-4-7(5-6)8(9)10/h3-11H,1-2H3;1-6H;2-5,9-10H,1H3. The SMILES string of the molecule is Cc1cccc(-c2ccc3ccc(C)cc3n2)c1.Cc1cccc(B(O)O)c1.Clc1ccc2ccccc2n1. The summed E-state index contributed by atoms with van der Waals surface area (Å²) in [5, 5.41) is 20.3. The predicted octanol–water partition coefficient (Wildman–Crippen LogP) is 7.08.